The summed E-state index contributed by atoms with van der Waals surface area (Å²) in [6.45, 7) is 0. The van der Waals surface area contributed by atoms with Crippen LogP contribution >= 0.6 is 27.5 Å². The fraction of sp³-hybridized carbons (Fsp3) is 0. The number of carbonyl (C=O) groups is 1. The number of hydrogen-bond acceptors (Lipinski definition) is 3. The van der Waals surface area contributed by atoms with Gasteiger partial charge in [0.1, 0.15) is 5.02 Å². The van der Waals surface area contributed by atoms with Gasteiger partial charge in [0.05, 0.1) is 10.5 Å². The zero-order valence-corrected chi connectivity index (χ0v) is 12.3. The first-order valence-corrected chi connectivity index (χ1v) is 6.66. The summed E-state index contributed by atoms with van der Waals surface area (Å²) in [7, 11) is 0. The molecule has 0 bridgehead atoms. The molecule has 1 N–H and O–H groups in total. The minimum absolute atomic E-state index is 0.0591. The molecule has 0 saturated heterocycles. The van der Waals surface area contributed by atoms with Gasteiger partial charge >= 0.3 is 0 Å². The highest BCUT2D eigenvalue weighted by Gasteiger charge is 2.19. The van der Waals surface area contributed by atoms with Crippen molar-refractivity contribution in [3.63, 3.8) is 0 Å². The van der Waals surface area contributed by atoms with Crippen molar-refractivity contribution in [2.75, 3.05) is 5.32 Å². The standard InChI is InChI=1S/C13H8BrClN2O3/c14-8-4-6-9(7-5-8)16-13(18)10-2-1-3-11(12(10)15)17(19)20/h1-7H,(H,16,18). The van der Waals surface area contributed by atoms with E-state index in [-0.39, 0.29) is 16.3 Å². The maximum atomic E-state index is 12.1. The molecule has 0 fully saturated rings. The lowest BCUT2D eigenvalue weighted by Crippen LogP contribution is -2.12. The van der Waals surface area contributed by atoms with Gasteiger partial charge in [-0.1, -0.05) is 33.6 Å². The molecular weight excluding hydrogens is 348 g/mol. The Balaban J connectivity index is 2.28. The van der Waals surface area contributed by atoms with Gasteiger partial charge < -0.3 is 5.32 Å². The van der Waals surface area contributed by atoms with E-state index >= 15 is 0 Å². The van der Waals surface area contributed by atoms with E-state index in [1.54, 1.807) is 24.3 Å². The molecule has 0 radical (unpaired) electrons. The monoisotopic (exact) mass is 354 g/mol. The highest BCUT2D eigenvalue weighted by molar-refractivity contribution is 9.10. The quantitative estimate of drug-likeness (QED) is 0.660. The van der Waals surface area contributed by atoms with Gasteiger partial charge in [-0.3, -0.25) is 14.9 Å². The third-order valence-electron chi connectivity index (χ3n) is 2.52. The Morgan fingerprint density at radius 1 is 1.20 bits per heavy atom. The number of amides is 1. The predicted molar refractivity (Wildman–Crippen MR) is 80.2 cm³/mol. The molecule has 1 amide bonds. The van der Waals surface area contributed by atoms with Gasteiger partial charge in [0.25, 0.3) is 11.6 Å². The molecule has 0 atom stereocenters. The second-order valence-electron chi connectivity index (χ2n) is 3.86. The van der Waals surface area contributed by atoms with Crippen molar-refractivity contribution < 1.29 is 9.72 Å². The Kier molecular flexibility index (Phi) is 4.36. The van der Waals surface area contributed by atoms with Gasteiger partial charge in [-0.15, -0.1) is 0 Å². The number of nitrogens with zero attached hydrogens (tertiary/aromatic N) is 1. The molecule has 20 heavy (non-hydrogen) atoms. The highest BCUT2D eigenvalue weighted by Crippen LogP contribution is 2.28. The SMILES string of the molecule is O=C(Nc1ccc(Br)cc1)c1cccc([N+](=O)[O-])c1Cl. The molecule has 0 aliphatic carbocycles. The fourth-order valence-corrected chi connectivity index (χ4v) is 2.11. The topological polar surface area (TPSA) is 72.2 Å². The largest absolute Gasteiger partial charge is 0.322 e. The first-order chi connectivity index (χ1) is 9.49. The summed E-state index contributed by atoms with van der Waals surface area (Å²) >= 11 is 9.16. The van der Waals surface area contributed by atoms with E-state index in [1.807, 2.05) is 0 Å². The maximum absolute atomic E-state index is 12.1. The van der Waals surface area contributed by atoms with Crippen molar-refractivity contribution in [2.24, 2.45) is 0 Å². The van der Waals surface area contributed by atoms with E-state index < -0.39 is 10.8 Å². The zero-order valence-electron chi connectivity index (χ0n) is 9.97. The van der Waals surface area contributed by atoms with Crippen LogP contribution in [0.15, 0.2) is 46.9 Å². The van der Waals surface area contributed by atoms with Crippen LogP contribution in [-0.4, -0.2) is 10.8 Å². The van der Waals surface area contributed by atoms with Crippen LogP contribution < -0.4 is 5.32 Å². The van der Waals surface area contributed by atoms with Crippen LogP contribution in [0.4, 0.5) is 11.4 Å². The van der Waals surface area contributed by atoms with Gasteiger partial charge in [-0.25, -0.2) is 0 Å². The molecule has 0 saturated carbocycles. The van der Waals surface area contributed by atoms with E-state index in [0.717, 1.165) is 4.47 Å². The van der Waals surface area contributed by atoms with E-state index in [4.69, 9.17) is 11.6 Å². The number of anilines is 1. The first kappa shape index (κ1) is 14.5. The number of nitro groups is 1. The molecule has 2 rings (SSSR count). The number of halogens is 2. The number of hydrogen-bond donors (Lipinski definition) is 1. The molecular formula is C13H8BrClN2O3. The summed E-state index contributed by atoms with van der Waals surface area (Å²) in [5, 5.41) is 13.2. The lowest BCUT2D eigenvalue weighted by Gasteiger charge is -2.07. The lowest BCUT2D eigenvalue weighted by molar-refractivity contribution is -0.384. The molecule has 0 aliphatic rings. The molecule has 0 aromatic heterocycles. The van der Waals surface area contributed by atoms with Crippen molar-refractivity contribution in [1.82, 2.24) is 0 Å². The van der Waals surface area contributed by atoms with Crippen LogP contribution in [0.5, 0.6) is 0 Å². The molecule has 2 aromatic carbocycles. The van der Waals surface area contributed by atoms with Crippen molar-refractivity contribution in [2.45, 2.75) is 0 Å². The smallest absolute Gasteiger partial charge is 0.288 e. The van der Waals surface area contributed by atoms with Crippen LogP contribution in [0.25, 0.3) is 0 Å². The van der Waals surface area contributed by atoms with E-state index in [9.17, 15) is 14.9 Å². The third kappa shape index (κ3) is 3.15. The molecule has 0 unspecified atom stereocenters. The van der Waals surface area contributed by atoms with Crippen LogP contribution in [0.1, 0.15) is 10.4 Å². The average Bonchev–Trinajstić information content (AvgIpc) is 2.41. The van der Waals surface area contributed by atoms with Crippen molar-refractivity contribution in [3.8, 4) is 0 Å². The van der Waals surface area contributed by atoms with Crippen LogP contribution in [0, 0.1) is 10.1 Å². The number of nitrogens with one attached hydrogen (secondary N) is 1. The Labute approximate surface area is 127 Å². The van der Waals surface area contributed by atoms with Gasteiger partial charge in [0.2, 0.25) is 0 Å². The van der Waals surface area contributed by atoms with Gasteiger partial charge in [0, 0.05) is 16.2 Å². The number of nitro benzene ring substituents is 1. The fourth-order valence-electron chi connectivity index (χ4n) is 1.57. The Morgan fingerprint density at radius 2 is 1.85 bits per heavy atom. The predicted octanol–water partition coefficient (Wildman–Crippen LogP) is 4.26. The summed E-state index contributed by atoms with van der Waals surface area (Å²) in [5.41, 5.74) is 0.333. The third-order valence-corrected chi connectivity index (χ3v) is 3.45. The molecule has 0 aliphatic heterocycles. The molecule has 2 aromatic rings. The number of rotatable bonds is 3. The second kappa shape index (κ2) is 6.02. The summed E-state index contributed by atoms with van der Waals surface area (Å²) in [4.78, 5) is 22.2. The minimum Gasteiger partial charge on any atom is -0.322 e. The number of carbonyl (C=O) groups excluding carboxylic acids is 1. The Morgan fingerprint density at radius 3 is 2.45 bits per heavy atom. The molecule has 7 heteroatoms. The Bertz CT molecular complexity index is 674. The van der Waals surface area contributed by atoms with E-state index in [2.05, 4.69) is 21.2 Å². The minimum atomic E-state index is -0.626. The summed E-state index contributed by atoms with van der Waals surface area (Å²) in [6, 6.07) is 11.0. The van der Waals surface area contributed by atoms with E-state index in [1.165, 1.54) is 18.2 Å². The van der Waals surface area contributed by atoms with Crippen molar-refractivity contribution >= 4 is 44.8 Å². The second-order valence-corrected chi connectivity index (χ2v) is 5.15. The van der Waals surface area contributed by atoms with Crippen molar-refractivity contribution in [1.29, 1.82) is 0 Å². The normalized spacial score (nSPS) is 10.1. The molecule has 0 heterocycles. The summed E-state index contributed by atoms with van der Waals surface area (Å²) < 4.78 is 0.879. The van der Waals surface area contributed by atoms with Crippen LogP contribution in [0.2, 0.25) is 5.02 Å². The summed E-state index contributed by atoms with van der Waals surface area (Å²) in [6.07, 6.45) is 0. The molecule has 0 spiro atoms. The highest BCUT2D eigenvalue weighted by atomic mass is 79.9. The average molecular weight is 356 g/mol. The summed E-state index contributed by atoms with van der Waals surface area (Å²) in [5.74, 6) is -0.499. The molecule has 5 nitrogen and oxygen atoms in total. The lowest BCUT2D eigenvalue weighted by atomic mass is 10.2. The zero-order chi connectivity index (χ0) is 14.7. The first-order valence-electron chi connectivity index (χ1n) is 5.49. The molecule has 102 valence electrons. The van der Waals surface area contributed by atoms with Gasteiger partial charge in [-0.05, 0) is 30.3 Å². The van der Waals surface area contributed by atoms with Crippen LogP contribution in [0.3, 0.4) is 0 Å². The Hall–Kier alpha value is -1.92. The maximum Gasteiger partial charge on any atom is 0.288 e. The van der Waals surface area contributed by atoms with Gasteiger partial charge in [-0.2, -0.15) is 0 Å². The van der Waals surface area contributed by atoms with Gasteiger partial charge in [0.15, 0.2) is 0 Å². The van der Waals surface area contributed by atoms with E-state index in [0.29, 0.717) is 5.69 Å². The van der Waals surface area contributed by atoms with Crippen molar-refractivity contribution in [3.05, 3.63) is 67.6 Å². The number of benzene rings is 2. The van der Waals surface area contributed by atoms with Crippen LogP contribution in [-0.2, 0) is 0 Å².